The number of nitrogens with zero attached hydrogens (tertiary/aromatic N) is 2. The lowest BCUT2D eigenvalue weighted by molar-refractivity contribution is -0.990. The minimum absolute atomic E-state index is 0.843. The van der Waals surface area contributed by atoms with E-state index in [0.29, 0.717) is 0 Å². The zero-order valence-corrected chi connectivity index (χ0v) is 10.9. The molecule has 0 radical (unpaired) electrons. The van der Waals surface area contributed by atoms with Gasteiger partial charge in [0.2, 0.25) is 0 Å². The summed E-state index contributed by atoms with van der Waals surface area (Å²) < 4.78 is 1.49. The molecular formula is C15H25N2+. The zero-order chi connectivity index (χ0) is 11.5. The fraction of sp³-hybridized carbons (Fsp3) is 0.867. The molecule has 4 bridgehead atoms. The van der Waals surface area contributed by atoms with E-state index in [1.54, 1.807) is 0 Å². The van der Waals surface area contributed by atoms with Crippen LogP contribution in [0.2, 0.25) is 0 Å². The van der Waals surface area contributed by atoms with Gasteiger partial charge in [0.05, 0.1) is 19.1 Å². The Hall–Kier alpha value is -0.340. The molecule has 5 fully saturated rings. The average Bonchev–Trinajstić information content (AvgIpc) is 2.32. The van der Waals surface area contributed by atoms with E-state index >= 15 is 0 Å². The fourth-order valence-electron chi connectivity index (χ4n) is 5.70. The second-order valence-corrected chi connectivity index (χ2v) is 6.95. The number of piperidine rings is 3. The van der Waals surface area contributed by atoms with Gasteiger partial charge in [-0.15, -0.1) is 6.58 Å². The van der Waals surface area contributed by atoms with Crippen LogP contribution in [0.25, 0.3) is 0 Å². The Labute approximate surface area is 105 Å². The summed E-state index contributed by atoms with van der Waals surface area (Å²) in [5.74, 6) is 2.01. The maximum absolute atomic E-state index is 3.96. The summed E-state index contributed by atoms with van der Waals surface area (Å²) in [6.07, 6.45) is 9.41. The molecule has 17 heavy (non-hydrogen) atoms. The maximum atomic E-state index is 3.96. The van der Waals surface area contributed by atoms with Gasteiger partial charge in [0.25, 0.3) is 0 Å². The summed E-state index contributed by atoms with van der Waals surface area (Å²) in [4.78, 5) is 2.83. The molecule has 2 nitrogen and oxygen atoms in total. The molecule has 1 spiro atoms. The van der Waals surface area contributed by atoms with E-state index in [4.69, 9.17) is 0 Å². The molecule has 0 aromatic carbocycles. The minimum Gasteiger partial charge on any atom is -0.308 e. The Bertz CT molecular complexity index is 322. The van der Waals surface area contributed by atoms with Crippen molar-refractivity contribution in [3.05, 3.63) is 12.7 Å². The highest BCUT2D eigenvalue weighted by molar-refractivity contribution is 5.00. The second-order valence-electron chi connectivity index (χ2n) is 6.95. The van der Waals surface area contributed by atoms with Gasteiger partial charge in [0, 0.05) is 30.8 Å². The monoisotopic (exact) mass is 233 g/mol. The molecule has 5 rings (SSSR count). The van der Waals surface area contributed by atoms with Gasteiger partial charge in [-0.25, -0.2) is 0 Å². The van der Waals surface area contributed by atoms with Crippen molar-refractivity contribution in [1.29, 1.82) is 0 Å². The van der Waals surface area contributed by atoms with Crippen LogP contribution in [-0.4, -0.2) is 47.8 Å². The summed E-state index contributed by atoms with van der Waals surface area (Å²) >= 11 is 0. The third-order valence-electron chi connectivity index (χ3n) is 6.16. The van der Waals surface area contributed by atoms with Crippen LogP contribution in [0.4, 0.5) is 0 Å². The average molecular weight is 233 g/mol. The lowest BCUT2D eigenvalue weighted by Gasteiger charge is -2.67. The van der Waals surface area contributed by atoms with E-state index in [2.05, 4.69) is 17.6 Å². The number of hydrogen-bond acceptors (Lipinski definition) is 1. The van der Waals surface area contributed by atoms with E-state index < -0.39 is 0 Å². The first-order valence-corrected chi connectivity index (χ1v) is 7.53. The summed E-state index contributed by atoms with van der Waals surface area (Å²) in [6, 6.07) is 1.89. The van der Waals surface area contributed by atoms with Crippen molar-refractivity contribution >= 4 is 0 Å². The van der Waals surface area contributed by atoms with Crippen molar-refractivity contribution in [2.24, 2.45) is 11.8 Å². The SMILES string of the molecule is C=CCC1C2CC3CN1C[N+]1(CCCCC31)C2. The molecule has 0 saturated carbocycles. The highest BCUT2D eigenvalue weighted by atomic mass is 15.5. The summed E-state index contributed by atoms with van der Waals surface area (Å²) in [5.41, 5.74) is 0. The predicted molar refractivity (Wildman–Crippen MR) is 69.4 cm³/mol. The van der Waals surface area contributed by atoms with Crippen LogP contribution in [-0.2, 0) is 0 Å². The lowest BCUT2D eigenvalue weighted by atomic mass is 9.68. The van der Waals surface area contributed by atoms with Crippen LogP contribution in [0.15, 0.2) is 12.7 Å². The van der Waals surface area contributed by atoms with Gasteiger partial charge in [0.15, 0.2) is 0 Å². The van der Waals surface area contributed by atoms with Crippen molar-refractivity contribution in [3.8, 4) is 0 Å². The Morgan fingerprint density at radius 2 is 2.24 bits per heavy atom. The molecule has 0 aromatic rings. The lowest BCUT2D eigenvalue weighted by Crippen LogP contribution is -2.79. The molecule has 0 N–H and O–H groups in total. The Kier molecular flexibility index (Phi) is 2.23. The van der Waals surface area contributed by atoms with Crippen LogP contribution in [0.5, 0.6) is 0 Å². The standard InChI is InChI=1S/C15H25N2/c1-2-5-14-13-8-12-9-16(14)11-17(10-13)7-4-3-6-15(12)17/h2,12-15H,1,3-11H2/q+1. The van der Waals surface area contributed by atoms with Crippen molar-refractivity contribution in [3.63, 3.8) is 0 Å². The topological polar surface area (TPSA) is 3.24 Å². The first kappa shape index (κ1) is 10.6. The summed E-state index contributed by atoms with van der Waals surface area (Å²) in [5, 5.41) is 0. The third kappa shape index (κ3) is 1.34. The van der Waals surface area contributed by atoms with Gasteiger partial charge in [0.1, 0.15) is 6.67 Å². The van der Waals surface area contributed by atoms with Gasteiger partial charge in [-0.1, -0.05) is 6.08 Å². The molecule has 5 heterocycles. The molecule has 0 aliphatic carbocycles. The van der Waals surface area contributed by atoms with E-state index in [-0.39, 0.29) is 0 Å². The molecule has 94 valence electrons. The van der Waals surface area contributed by atoms with Crippen molar-refractivity contribution in [2.45, 2.75) is 44.2 Å². The number of quaternary nitrogens is 1. The van der Waals surface area contributed by atoms with E-state index in [1.807, 2.05) is 0 Å². The fourth-order valence-corrected chi connectivity index (χ4v) is 5.70. The molecule has 5 aliphatic rings. The highest BCUT2D eigenvalue weighted by Gasteiger charge is 2.60. The summed E-state index contributed by atoms with van der Waals surface area (Å²) in [7, 11) is 0. The van der Waals surface area contributed by atoms with Crippen molar-refractivity contribution in [1.82, 2.24) is 4.90 Å². The zero-order valence-electron chi connectivity index (χ0n) is 10.9. The first-order valence-electron chi connectivity index (χ1n) is 7.53. The predicted octanol–water partition coefficient (Wildman–Crippen LogP) is 2.22. The normalized spacial score (nSPS) is 55.6. The van der Waals surface area contributed by atoms with E-state index in [0.717, 1.165) is 23.9 Å². The Morgan fingerprint density at radius 3 is 3.06 bits per heavy atom. The summed E-state index contributed by atoms with van der Waals surface area (Å²) in [6.45, 7) is 9.71. The molecule has 0 aromatic heterocycles. The molecule has 5 aliphatic heterocycles. The molecule has 6 unspecified atom stereocenters. The van der Waals surface area contributed by atoms with Crippen LogP contribution in [0.1, 0.15) is 32.1 Å². The molecule has 2 heteroatoms. The van der Waals surface area contributed by atoms with Gasteiger partial charge in [-0.2, -0.15) is 0 Å². The van der Waals surface area contributed by atoms with Gasteiger partial charge >= 0.3 is 0 Å². The van der Waals surface area contributed by atoms with Crippen LogP contribution >= 0.6 is 0 Å². The number of rotatable bonds is 2. The molecule has 5 saturated heterocycles. The maximum Gasteiger partial charge on any atom is 0.135 e. The van der Waals surface area contributed by atoms with Gasteiger partial charge < -0.3 is 4.48 Å². The second kappa shape index (κ2) is 3.58. The first-order chi connectivity index (χ1) is 8.32. The Morgan fingerprint density at radius 1 is 1.29 bits per heavy atom. The largest absolute Gasteiger partial charge is 0.308 e. The molecule has 0 amide bonds. The van der Waals surface area contributed by atoms with Gasteiger partial charge in [-0.05, 0) is 25.7 Å². The van der Waals surface area contributed by atoms with E-state index in [9.17, 15) is 0 Å². The van der Waals surface area contributed by atoms with Crippen LogP contribution in [0.3, 0.4) is 0 Å². The third-order valence-corrected chi connectivity index (χ3v) is 6.16. The van der Waals surface area contributed by atoms with Crippen LogP contribution in [0, 0.1) is 11.8 Å². The Balaban J connectivity index is 1.65. The minimum atomic E-state index is 0.843. The van der Waals surface area contributed by atoms with Crippen LogP contribution < -0.4 is 0 Å². The van der Waals surface area contributed by atoms with Crippen molar-refractivity contribution < 1.29 is 4.48 Å². The van der Waals surface area contributed by atoms with Gasteiger partial charge in [-0.3, -0.25) is 4.90 Å². The highest BCUT2D eigenvalue weighted by Crippen LogP contribution is 2.49. The smallest absolute Gasteiger partial charge is 0.135 e. The quantitative estimate of drug-likeness (QED) is 0.522. The number of hydrogen-bond donors (Lipinski definition) is 0. The van der Waals surface area contributed by atoms with E-state index in [1.165, 1.54) is 62.9 Å². The molecular weight excluding hydrogens is 208 g/mol. The van der Waals surface area contributed by atoms with Crippen molar-refractivity contribution in [2.75, 3.05) is 26.3 Å². The molecule has 6 atom stereocenters.